The van der Waals surface area contributed by atoms with E-state index in [9.17, 15) is 4.79 Å². The normalized spacial score (nSPS) is 11.9. The minimum absolute atomic E-state index is 0.0720. The maximum absolute atomic E-state index is 12.6. The van der Waals surface area contributed by atoms with E-state index in [1.807, 2.05) is 59.6 Å². The van der Waals surface area contributed by atoms with E-state index in [4.69, 9.17) is 9.26 Å². The number of thioether (sulfide) groups is 1. The monoisotopic (exact) mass is 386 g/mol. The van der Waals surface area contributed by atoms with E-state index >= 15 is 0 Å². The molecule has 7 nitrogen and oxygen atoms in total. The molecule has 2 heterocycles. The first kappa shape index (κ1) is 19.0. The molecule has 0 bridgehead atoms. The van der Waals surface area contributed by atoms with Crippen molar-refractivity contribution < 1.29 is 14.1 Å². The standard InChI is InChI=1S/C19H22N4O3S/c1-25-16-8-4-3-7-14(16)18-21-17(26-22-18)13-20-19(24)15(9-12-27-2)23-10-5-6-11-23/h3-8,10-11,15H,9,12-13H2,1-2H3,(H,20,24)/t15-/m0/s1. The molecule has 0 fully saturated rings. The number of hydrogen-bond acceptors (Lipinski definition) is 6. The third-order valence-corrected chi connectivity index (χ3v) is 4.76. The van der Waals surface area contributed by atoms with Gasteiger partial charge in [-0.25, -0.2) is 0 Å². The fourth-order valence-electron chi connectivity index (χ4n) is 2.75. The Morgan fingerprint density at radius 1 is 1.30 bits per heavy atom. The predicted octanol–water partition coefficient (Wildman–Crippen LogP) is 3.16. The predicted molar refractivity (Wildman–Crippen MR) is 105 cm³/mol. The lowest BCUT2D eigenvalue weighted by Gasteiger charge is -2.17. The van der Waals surface area contributed by atoms with Gasteiger partial charge in [0.05, 0.1) is 19.2 Å². The van der Waals surface area contributed by atoms with Gasteiger partial charge in [0.1, 0.15) is 11.8 Å². The number of nitrogens with zero attached hydrogens (tertiary/aromatic N) is 3. The molecule has 0 saturated carbocycles. The van der Waals surface area contributed by atoms with Gasteiger partial charge in [0, 0.05) is 12.4 Å². The Kier molecular flexibility index (Phi) is 6.54. The van der Waals surface area contributed by atoms with Gasteiger partial charge in [0.15, 0.2) is 0 Å². The molecule has 0 aliphatic carbocycles. The van der Waals surface area contributed by atoms with Gasteiger partial charge in [-0.1, -0.05) is 17.3 Å². The van der Waals surface area contributed by atoms with Crippen LogP contribution in [0.3, 0.4) is 0 Å². The number of rotatable bonds is 9. The van der Waals surface area contributed by atoms with Gasteiger partial charge in [-0.2, -0.15) is 16.7 Å². The topological polar surface area (TPSA) is 82.2 Å². The Bertz CT molecular complexity index is 863. The third-order valence-electron chi connectivity index (χ3n) is 4.12. The molecule has 1 N–H and O–H groups in total. The van der Waals surface area contributed by atoms with Crippen LogP contribution in [0.15, 0.2) is 53.3 Å². The number of aromatic nitrogens is 3. The van der Waals surface area contributed by atoms with Crippen LogP contribution < -0.4 is 10.1 Å². The molecular formula is C19H22N4O3S. The number of carbonyl (C=O) groups is 1. The van der Waals surface area contributed by atoms with Gasteiger partial charge >= 0.3 is 0 Å². The molecule has 0 radical (unpaired) electrons. The smallest absolute Gasteiger partial charge is 0.246 e. The molecule has 3 rings (SSSR count). The van der Waals surface area contributed by atoms with Crippen LogP contribution in [-0.4, -0.2) is 39.7 Å². The molecular weight excluding hydrogens is 364 g/mol. The Balaban J connectivity index is 1.66. The molecule has 0 spiro atoms. The molecule has 2 aromatic heterocycles. The second kappa shape index (κ2) is 9.27. The van der Waals surface area contributed by atoms with Crippen molar-refractivity contribution in [3.63, 3.8) is 0 Å². The molecule has 142 valence electrons. The minimum atomic E-state index is -0.260. The summed E-state index contributed by atoms with van der Waals surface area (Å²) < 4.78 is 12.5. The average molecular weight is 386 g/mol. The van der Waals surface area contributed by atoms with E-state index in [1.54, 1.807) is 18.9 Å². The van der Waals surface area contributed by atoms with Crippen molar-refractivity contribution in [1.82, 2.24) is 20.0 Å². The second-order valence-corrected chi connectivity index (χ2v) is 6.84. The van der Waals surface area contributed by atoms with Gasteiger partial charge in [0.25, 0.3) is 0 Å². The number of methoxy groups -OCH3 is 1. The zero-order valence-electron chi connectivity index (χ0n) is 15.3. The van der Waals surface area contributed by atoms with Crippen molar-refractivity contribution in [3.05, 3.63) is 54.7 Å². The summed E-state index contributed by atoms with van der Waals surface area (Å²) in [6.45, 7) is 0.179. The van der Waals surface area contributed by atoms with Gasteiger partial charge in [-0.05, 0) is 42.7 Å². The molecule has 0 unspecified atom stereocenters. The Morgan fingerprint density at radius 2 is 2.07 bits per heavy atom. The molecule has 0 saturated heterocycles. The number of para-hydroxylation sites is 1. The molecule has 1 aromatic carbocycles. The summed E-state index contributed by atoms with van der Waals surface area (Å²) in [6, 6.07) is 11.0. The molecule has 3 aromatic rings. The maximum Gasteiger partial charge on any atom is 0.246 e. The lowest BCUT2D eigenvalue weighted by molar-refractivity contribution is -0.124. The molecule has 1 atom stereocenters. The lowest BCUT2D eigenvalue weighted by atomic mass is 10.2. The SMILES string of the molecule is COc1ccccc1-c1noc(CNC(=O)[C@H](CCSC)n2cccc2)n1. The quantitative estimate of drug-likeness (QED) is 0.608. The first-order chi connectivity index (χ1) is 13.2. The summed E-state index contributed by atoms with van der Waals surface area (Å²) in [4.78, 5) is 17.0. The van der Waals surface area contributed by atoms with E-state index in [0.717, 1.165) is 17.7 Å². The summed E-state index contributed by atoms with van der Waals surface area (Å²) in [5, 5.41) is 6.88. The van der Waals surface area contributed by atoms with Crippen LogP contribution in [-0.2, 0) is 11.3 Å². The van der Waals surface area contributed by atoms with E-state index in [2.05, 4.69) is 15.5 Å². The van der Waals surface area contributed by atoms with Crippen LogP contribution in [0.5, 0.6) is 5.75 Å². The highest BCUT2D eigenvalue weighted by molar-refractivity contribution is 7.98. The number of nitrogens with one attached hydrogen (secondary N) is 1. The van der Waals surface area contributed by atoms with Gasteiger partial charge in [-0.15, -0.1) is 0 Å². The summed E-state index contributed by atoms with van der Waals surface area (Å²) in [5.74, 6) is 2.27. The van der Waals surface area contributed by atoms with Crippen molar-refractivity contribution in [2.45, 2.75) is 19.0 Å². The van der Waals surface area contributed by atoms with Crippen molar-refractivity contribution in [1.29, 1.82) is 0 Å². The summed E-state index contributed by atoms with van der Waals surface area (Å²) in [6.07, 6.45) is 6.58. The maximum atomic E-state index is 12.6. The fraction of sp³-hybridized carbons (Fsp3) is 0.316. The minimum Gasteiger partial charge on any atom is -0.496 e. The molecule has 27 heavy (non-hydrogen) atoms. The second-order valence-electron chi connectivity index (χ2n) is 5.86. The highest BCUT2D eigenvalue weighted by atomic mass is 32.2. The van der Waals surface area contributed by atoms with Crippen LogP contribution >= 0.6 is 11.8 Å². The van der Waals surface area contributed by atoms with E-state index in [1.165, 1.54) is 0 Å². The van der Waals surface area contributed by atoms with Crippen molar-refractivity contribution >= 4 is 17.7 Å². The average Bonchev–Trinajstić information content (AvgIpc) is 3.39. The molecule has 8 heteroatoms. The zero-order valence-corrected chi connectivity index (χ0v) is 16.1. The lowest BCUT2D eigenvalue weighted by Crippen LogP contribution is -2.32. The van der Waals surface area contributed by atoms with Crippen LogP contribution in [0.25, 0.3) is 11.4 Å². The number of benzene rings is 1. The summed E-state index contributed by atoms with van der Waals surface area (Å²) in [7, 11) is 1.59. The van der Waals surface area contributed by atoms with E-state index in [-0.39, 0.29) is 18.5 Å². The largest absolute Gasteiger partial charge is 0.496 e. The molecule has 0 aliphatic rings. The zero-order chi connectivity index (χ0) is 19.1. The number of ether oxygens (including phenoxy) is 1. The number of hydrogen-bond donors (Lipinski definition) is 1. The molecule has 1 amide bonds. The summed E-state index contributed by atoms with van der Waals surface area (Å²) in [5.41, 5.74) is 0.742. The Morgan fingerprint density at radius 3 is 2.81 bits per heavy atom. The highest BCUT2D eigenvalue weighted by Gasteiger charge is 2.20. The van der Waals surface area contributed by atoms with Crippen molar-refractivity contribution in [2.75, 3.05) is 19.1 Å². The molecule has 0 aliphatic heterocycles. The van der Waals surface area contributed by atoms with E-state index in [0.29, 0.717) is 17.5 Å². The summed E-state index contributed by atoms with van der Waals surface area (Å²) >= 11 is 1.72. The first-order valence-corrected chi connectivity index (χ1v) is 9.97. The van der Waals surface area contributed by atoms with Crippen LogP contribution in [0.1, 0.15) is 18.4 Å². The van der Waals surface area contributed by atoms with Gasteiger partial charge < -0.3 is 19.1 Å². The van der Waals surface area contributed by atoms with Gasteiger partial charge in [0.2, 0.25) is 17.6 Å². The van der Waals surface area contributed by atoms with E-state index < -0.39 is 0 Å². The first-order valence-electron chi connectivity index (χ1n) is 8.58. The van der Waals surface area contributed by atoms with Crippen LogP contribution in [0.4, 0.5) is 0 Å². The fourth-order valence-corrected chi connectivity index (χ4v) is 3.21. The van der Waals surface area contributed by atoms with Crippen molar-refractivity contribution in [2.24, 2.45) is 0 Å². The number of carbonyl (C=O) groups excluding carboxylic acids is 1. The highest BCUT2D eigenvalue weighted by Crippen LogP contribution is 2.27. The van der Waals surface area contributed by atoms with Crippen molar-refractivity contribution in [3.8, 4) is 17.1 Å². The van der Waals surface area contributed by atoms with Gasteiger partial charge in [-0.3, -0.25) is 4.79 Å². The Labute approximate surface area is 162 Å². The number of amides is 1. The third kappa shape index (κ3) is 4.71. The van der Waals surface area contributed by atoms with Crippen LogP contribution in [0.2, 0.25) is 0 Å². The van der Waals surface area contributed by atoms with Crippen LogP contribution in [0, 0.1) is 0 Å². The Hall–Kier alpha value is -2.74.